The quantitative estimate of drug-likeness (QED) is 0.384. The van der Waals surface area contributed by atoms with Gasteiger partial charge in [0.15, 0.2) is 0 Å². The van der Waals surface area contributed by atoms with Crippen molar-refractivity contribution >= 4 is 11.7 Å². The topological polar surface area (TPSA) is 78.9 Å². The lowest BCUT2D eigenvalue weighted by molar-refractivity contribution is -0.132. The number of carbonyl (C=O) groups excluding carboxylic acids is 1. The van der Waals surface area contributed by atoms with Crippen molar-refractivity contribution in [2.75, 3.05) is 13.1 Å². The maximum Gasteiger partial charge on any atom is 0.222 e. The van der Waals surface area contributed by atoms with E-state index in [1.54, 1.807) is 0 Å². The molecule has 2 rings (SSSR count). The maximum atomic E-state index is 12.3. The average molecular weight is 289 g/mol. The number of nitrogens with two attached hydrogens (primary N) is 1. The summed E-state index contributed by atoms with van der Waals surface area (Å²) in [4.78, 5) is 14.2. The van der Waals surface area contributed by atoms with E-state index >= 15 is 0 Å². The molecule has 1 aliphatic heterocycles. The van der Waals surface area contributed by atoms with Crippen molar-refractivity contribution in [3.05, 3.63) is 35.4 Å². The van der Waals surface area contributed by atoms with Crippen LogP contribution in [0.3, 0.4) is 0 Å². The van der Waals surface area contributed by atoms with Gasteiger partial charge in [-0.25, -0.2) is 0 Å². The zero-order valence-corrected chi connectivity index (χ0v) is 12.5. The molecule has 1 unspecified atom stereocenters. The molecule has 21 heavy (non-hydrogen) atoms. The van der Waals surface area contributed by atoms with Crippen molar-refractivity contribution in [3.63, 3.8) is 0 Å². The summed E-state index contributed by atoms with van der Waals surface area (Å²) in [6.45, 7) is 3.39. The molecule has 1 fully saturated rings. The van der Waals surface area contributed by atoms with Gasteiger partial charge >= 0.3 is 0 Å². The van der Waals surface area contributed by atoms with E-state index in [1.165, 1.54) is 11.1 Å². The van der Waals surface area contributed by atoms with Crippen LogP contribution in [0.1, 0.15) is 30.4 Å². The number of amidine groups is 1. The molecule has 0 aliphatic carbocycles. The molecule has 5 nitrogen and oxygen atoms in total. The lowest BCUT2D eigenvalue weighted by atomic mass is 9.96. The van der Waals surface area contributed by atoms with Crippen LogP contribution in [0, 0.1) is 12.8 Å². The summed E-state index contributed by atoms with van der Waals surface area (Å²) in [6, 6.07) is 8.14. The highest BCUT2D eigenvalue weighted by Gasteiger charge is 2.26. The average Bonchev–Trinajstić information content (AvgIpc) is 2.53. The Bertz CT molecular complexity index is 528. The molecule has 1 aromatic rings. The van der Waals surface area contributed by atoms with Crippen LogP contribution in [-0.2, 0) is 11.2 Å². The number of amides is 1. The molecule has 1 amide bonds. The van der Waals surface area contributed by atoms with Gasteiger partial charge in [-0.15, -0.1) is 0 Å². The summed E-state index contributed by atoms with van der Waals surface area (Å²) in [6.07, 6.45) is 3.04. The predicted molar refractivity (Wildman–Crippen MR) is 82.2 cm³/mol. The lowest BCUT2D eigenvalue weighted by Crippen LogP contribution is -2.44. The van der Waals surface area contributed by atoms with Crippen LogP contribution in [-0.4, -0.2) is 34.9 Å². The fourth-order valence-corrected chi connectivity index (χ4v) is 2.82. The van der Waals surface area contributed by atoms with Crippen LogP contribution in [0.4, 0.5) is 0 Å². The molecule has 114 valence electrons. The van der Waals surface area contributed by atoms with Gasteiger partial charge in [-0.3, -0.25) is 4.79 Å². The first-order valence-corrected chi connectivity index (χ1v) is 7.41. The summed E-state index contributed by atoms with van der Waals surface area (Å²) in [5, 5.41) is 11.8. The Labute approximate surface area is 125 Å². The van der Waals surface area contributed by atoms with Crippen LogP contribution in [0.15, 0.2) is 29.4 Å². The van der Waals surface area contributed by atoms with Crippen molar-refractivity contribution in [2.45, 2.75) is 32.6 Å². The monoisotopic (exact) mass is 289 g/mol. The van der Waals surface area contributed by atoms with E-state index in [2.05, 4.69) is 24.2 Å². The zero-order valence-electron chi connectivity index (χ0n) is 12.5. The van der Waals surface area contributed by atoms with Crippen LogP contribution in [0.25, 0.3) is 0 Å². The number of likely N-dealkylation sites (tertiary alicyclic amines) is 1. The summed E-state index contributed by atoms with van der Waals surface area (Å²) < 4.78 is 0. The maximum absolute atomic E-state index is 12.3. The number of oxime groups is 1. The van der Waals surface area contributed by atoms with Gasteiger partial charge in [0.05, 0.1) is 0 Å². The number of hydrogen-bond acceptors (Lipinski definition) is 3. The summed E-state index contributed by atoms with van der Waals surface area (Å²) in [5.41, 5.74) is 8.10. The first kappa shape index (κ1) is 15.4. The molecule has 1 saturated heterocycles. The third-order valence-corrected chi connectivity index (χ3v) is 4.18. The molecule has 0 bridgehead atoms. The number of aryl methyl sites for hydroxylation is 2. The Morgan fingerprint density at radius 1 is 1.48 bits per heavy atom. The zero-order chi connectivity index (χ0) is 15.2. The van der Waals surface area contributed by atoms with E-state index in [0.29, 0.717) is 13.0 Å². The van der Waals surface area contributed by atoms with Crippen LogP contribution < -0.4 is 5.73 Å². The molecular weight excluding hydrogens is 266 g/mol. The molecule has 0 radical (unpaired) electrons. The van der Waals surface area contributed by atoms with E-state index in [9.17, 15) is 4.79 Å². The first-order chi connectivity index (χ1) is 10.1. The van der Waals surface area contributed by atoms with Crippen molar-refractivity contribution in [1.82, 2.24) is 4.90 Å². The molecule has 0 spiro atoms. The summed E-state index contributed by atoms with van der Waals surface area (Å²) in [7, 11) is 0. The van der Waals surface area contributed by atoms with Crippen molar-refractivity contribution in [2.24, 2.45) is 16.8 Å². The van der Waals surface area contributed by atoms with Gasteiger partial charge in [-0.05, 0) is 37.3 Å². The molecule has 1 aromatic carbocycles. The molecule has 5 heteroatoms. The number of rotatable bonds is 4. The lowest BCUT2D eigenvalue weighted by Gasteiger charge is -2.32. The van der Waals surface area contributed by atoms with E-state index in [4.69, 9.17) is 10.9 Å². The Kier molecular flexibility index (Phi) is 5.20. The van der Waals surface area contributed by atoms with E-state index in [-0.39, 0.29) is 17.7 Å². The molecular formula is C16H23N3O2. The van der Waals surface area contributed by atoms with Crippen molar-refractivity contribution in [3.8, 4) is 0 Å². The van der Waals surface area contributed by atoms with Crippen molar-refractivity contribution < 1.29 is 10.0 Å². The highest BCUT2D eigenvalue weighted by molar-refractivity contribution is 5.84. The fraction of sp³-hybridized carbons (Fsp3) is 0.500. The Balaban J connectivity index is 1.90. The minimum atomic E-state index is -0.0221. The third kappa shape index (κ3) is 3.97. The Morgan fingerprint density at radius 2 is 2.24 bits per heavy atom. The first-order valence-electron chi connectivity index (χ1n) is 7.41. The number of hydrogen-bond donors (Lipinski definition) is 2. The van der Waals surface area contributed by atoms with Gasteiger partial charge < -0.3 is 15.8 Å². The molecule has 0 saturated carbocycles. The van der Waals surface area contributed by atoms with Gasteiger partial charge in [0.25, 0.3) is 0 Å². The fourth-order valence-electron chi connectivity index (χ4n) is 2.82. The summed E-state index contributed by atoms with van der Waals surface area (Å²) >= 11 is 0. The minimum absolute atomic E-state index is 0.0221. The number of benzene rings is 1. The smallest absolute Gasteiger partial charge is 0.222 e. The standard InChI is InChI=1S/C16H23N3O2/c1-12-5-2-3-6-13(12)8-9-15(20)19-10-4-7-14(11-19)16(17)18-21/h2-3,5-6,14,21H,4,7-11H2,1H3,(H2,17,18). The molecule has 0 aromatic heterocycles. The van der Waals surface area contributed by atoms with Gasteiger partial charge in [-0.1, -0.05) is 29.4 Å². The van der Waals surface area contributed by atoms with E-state index in [0.717, 1.165) is 25.8 Å². The largest absolute Gasteiger partial charge is 0.409 e. The second kappa shape index (κ2) is 7.11. The Morgan fingerprint density at radius 3 is 2.95 bits per heavy atom. The number of piperidine rings is 1. The number of carbonyl (C=O) groups is 1. The van der Waals surface area contributed by atoms with E-state index < -0.39 is 0 Å². The highest BCUT2D eigenvalue weighted by Crippen LogP contribution is 2.18. The second-order valence-corrected chi connectivity index (χ2v) is 5.63. The third-order valence-electron chi connectivity index (χ3n) is 4.18. The van der Waals surface area contributed by atoms with Gasteiger partial charge in [-0.2, -0.15) is 0 Å². The highest BCUT2D eigenvalue weighted by atomic mass is 16.4. The van der Waals surface area contributed by atoms with Crippen LogP contribution in [0.2, 0.25) is 0 Å². The predicted octanol–water partition coefficient (Wildman–Crippen LogP) is 1.91. The van der Waals surface area contributed by atoms with Gasteiger partial charge in [0.2, 0.25) is 5.91 Å². The van der Waals surface area contributed by atoms with Crippen LogP contribution in [0.5, 0.6) is 0 Å². The minimum Gasteiger partial charge on any atom is -0.409 e. The van der Waals surface area contributed by atoms with Gasteiger partial charge in [0, 0.05) is 25.4 Å². The SMILES string of the molecule is Cc1ccccc1CCC(=O)N1CCCC(C(N)=NO)C1. The summed E-state index contributed by atoms with van der Waals surface area (Å²) in [5.74, 6) is 0.353. The Hall–Kier alpha value is -2.04. The molecule has 1 aliphatic rings. The number of nitrogens with zero attached hydrogens (tertiary/aromatic N) is 2. The van der Waals surface area contributed by atoms with Gasteiger partial charge in [0.1, 0.15) is 5.84 Å². The van der Waals surface area contributed by atoms with E-state index in [1.807, 2.05) is 17.0 Å². The van der Waals surface area contributed by atoms with Crippen molar-refractivity contribution in [1.29, 1.82) is 0 Å². The normalized spacial score (nSPS) is 19.6. The second-order valence-electron chi connectivity index (χ2n) is 5.63. The molecule has 1 atom stereocenters. The molecule has 3 N–H and O–H groups in total. The van der Waals surface area contributed by atoms with Crippen LogP contribution >= 0.6 is 0 Å². The molecule has 1 heterocycles.